The Balaban J connectivity index is 1.67. The zero-order chi connectivity index (χ0) is 18.5. The lowest BCUT2D eigenvalue weighted by Gasteiger charge is -2.21. The summed E-state index contributed by atoms with van der Waals surface area (Å²) in [7, 11) is 0. The number of fused-ring (bicyclic) bond motifs is 1. The highest BCUT2D eigenvalue weighted by Crippen LogP contribution is 2.33. The van der Waals surface area contributed by atoms with E-state index in [9.17, 15) is 4.79 Å². The van der Waals surface area contributed by atoms with Crippen LogP contribution in [-0.2, 0) is 4.79 Å². The maximum Gasteiger partial charge on any atom is 0.246 e. The van der Waals surface area contributed by atoms with Crippen molar-refractivity contribution < 1.29 is 14.3 Å². The molecule has 0 bridgehead atoms. The molecule has 1 heterocycles. The maximum absolute atomic E-state index is 12.6. The van der Waals surface area contributed by atoms with Crippen LogP contribution in [0, 0.1) is 0 Å². The lowest BCUT2D eigenvalue weighted by atomic mass is 9.97. The molecule has 0 spiro atoms. The summed E-state index contributed by atoms with van der Waals surface area (Å²) in [4.78, 5) is 12.6. The summed E-state index contributed by atoms with van der Waals surface area (Å²) >= 11 is 0. The van der Waals surface area contributed by atoms with Gasteiger partial charge in [0.05, 0.1) is 0 Å². The molecule has 2 aromatic rings. The Labute approximate surface area is 154 Å². The van der Waals surface area contributed by atoms with Crippen LogP contribution >= 0.6 is 0 Å². The fourth-order valence-corrected chi connectivity index (χ4v) is 2.95. The number of ether oxygens (including phenoxy) is 2. The predicted octanol–water partition coefficient (Wildman–Crippen LogP) is 4.41. The Kier molecular flexibility index (Phi) is 5.66. The Hall–Kier alpha value is -2.69. The molecule has 1 amide bonds. The summed E-state index contributed by atoms with van der Waals surface area (Å²) in [6.45, 7) is 7.27. The lowest BCUT2D eigenvalue weighted by molar-refractivity contribution is -0.116. The number of carbonyl (C=O) groups excluding carboxylic acids is 1. The van der Waals surface area contributed by atoms with E-state index in [4.69, 9.17) is 9.47 Å². The van der Waals surface area contributed by atoms with Gasteiger partial charge in [-0.2, -0.15) is 0 Å². The van der Waals surface area contributed by atoms with E-state index in [0.29, 0.717) is 24.9 Å². The second kappa shape index (κ2) is 8.13. The first-order valence-electron chi connectivity index (χ1n) is 9.14. The van der Waals surface area contributed by atoms with Crippen molar-refractivity contribution in [3.05, 3.63) is 48.0 Å². The Morgan fingerprint density at radius 2 is 1.81 bits per heavy atom. The molecule has 3 rings (SSSR count). The van der Waals surface area contributed by atoms with Crippen molar-refractivity contribution in [2.45, 2.75) is 39.2 Å². The zero-order valence-electron chi connectivity index (χ0n) is 15.5. The topological polar surface area (TPSA) is 59.6 Å². The van der Waals surface area contributed by atoms with Gasteiger partial charge < -0.3 is 20.1 Å². The quantitative estimate of drug-likeness (QED) is 0.807. The molecule has 5 nitrogen and oxygen atoms in total. The SMILES string of the molecule is CC[C@H](C)c1ccccc1NC(=O)[C@@H](C)Nc1ccc2c(c1)OCCO2. The monoisotopic (exact) mass is 354 g/mol. The summed E-state index contributed by atoms with van der Waals surface area (Å²) in [5.41, 5.74) is 2.87. The van der Waals surface area contributed by atoms with Gasteiger partial charge in [-0.05, 0) is 43.0 Å². The molecule has 0 radical (unpaired) electrons. The van der Waals surface area contributed by atoms with Gasteiger partial charge in [0.15, 0.2) is 11.5 Å². The predicted molar refractivity (Wildman–Crippen MR) is 104 cm³/mol. The minimum absolute atomic E-state index is 0.0735. The third-order valence-corrected chi connectivity index (χ3v) is 4.68. The van der Waals surface area contributed by atoms with Crippen LogP contribution in [0.4, 0.5) is 11.4 Å². The molecule has 2 atom stereocenters. The molecule has 0 unspecified atom stereocenters. The Morgan fingerprint density at radius 1 is 1.08 bits per heavy atom. The smallest absolute Gasteiger partial charge is 0.246 e. The highest BCUT2D eigenvalue weighted by atomic mass is 16.6. The largest absolute Gasteiger partial charge is 0.486 e. The number of hydrogen-bond donors (Lipinski definition) is 2. The van der Waals surface area contributed by atoms with Gasteiger partial charge in [-0.1, -0.05) is 32.0 Å². The van der Waals surface area contributed by atoms with E-state index in [2.05, 4.69) is 30.5 Å². The third-order valence-electron chi connectivity index (χ3n) is 4.68. The number of rotatable bonds is 6. The van der Waals surface area contributed by atoms with E-state index < -0.39 is 0 Å². The highest BCUT2D eigenvalue weighted by Gasteiger charge is 2.17. The summed E-state index contributed by atoms with van der Waals surface area (Å²) in [5, 5.41) is 6.28. The fraction of sp³-hybridized carbons (Fsp3) is 0.381. The Bertz CT molecular complexity index is 776. The van der Waals surface area contributed by atoms with Gasteiger partial charge in [-0.3, -0.25) is 4.79 Å². The molecule has 0 aliphatic carbocycles. The number of carbonyl (C=O) groups is 1. The molecule has 138 valence electrons. The summed E-state index contributed by atoms with van der Waals surface area (Å²) in [6, 6.07) is 13.2. The number of hydrogen-bond acceptors (Lipinski definition) is 4. The summed E-state index contributed by atoms with van der Waals surface area (Å²) in [6.07, 6.45) is 1.03. The number of amides is 1. The van der Waals surface area contributed by atoms with E-state index in [1.165, 1.54) is 0 Å². The highest BCUT2D eigenvalue weighted by molar-refractivity contribution is 5.97. The van der Waals surface area contributed by atoms with Crippen LogP contribution in [0.2, 0.25) is 0 Å². The van der Waals surface area contributed by atoms with Crippen molar-refractivity contribution in [3.8, 4) is 11.5 Å². The average molecular weight is 354 g/mol. The molecule has 1 aliphatic rings. The number of para-hydroxylation sites is 1. The van der Waals surface area contributed by atoms with Gasteiger partial charge in [0.2, 0.25) is 5.91 Å². The van der Waals surface area contributed by atoms with Crippen LogP contribution in [0.3, 0.4) is 0 Å². The van der Waals surface area contributed by atoms with Crippen molar-refractivity contribution in [3.63, 3.8) is 0 Å². The van der Waals surface area contributed by atoms with E-state index in [-0.39, 0.29) is 11.9 Å². The zero-order valence-corrected chi connectivity index (χ0v) is 15.5. The molecular formula is C21H26N2O3. The van der Waals surface area contributed by atoms with Crippen LogP contribution < -0.4 is 20.1 Å². The minimum atomic E-state index is -0.387. The van der Waals surface area contributed by atoms with Crippen LogP contribution in [0.25, 0.3) is 0 Å². The molecule has 2 aromatic carbocycles. The van der Waals surface area contributed by atoms with E-state index in [1.807, 2.05) is 43.3 Å². The summed E-state index contributed by atoms with van der Waals surface area (Å²) < 4.78 is 11.1. The van der Waals surface area contributed by atoms with Gasteiger partial charge >= 0.3 is 0 Å². The molecule has 0 saturated carbocycles. The first kappa shape index (κ1) is 18.1. The molecule has 1 aliphatic heterocycles. The van der Waals surface area contributed by atoms with Gasteiger partial charge in [-0.15, -0.1) is 0 Å². The third kappa shape index (κ3) is 4.10. The number of anilines is 2. The normalized spacial score (nSPS) is 15.0. The minimum Gasteiger partial charge on any atom is -0.486 e. The van der Waals surface area contributed by atoms with Crippen LogP contribution in [0.5, 0.6) is 11.5 Å². The van der Waals surface area contributed by atoms with Crippen molar-refractivity contribution in [2.75, 3.05) is 23.8 Å². The standard InChI is InChI=1S/C21H26N2O3/c1-4-14(2)17-7-5-6-8-18(17)23-21(24)15(3)22-16-9-10-19-20(13-16)26-12-11-25-19/h5-10,13-15,22H,4,11-12H2,1-3H3,(H,23,24)/t14-,15+/m0/s1. The first-order valence-corrected chi connectivity index (χ1v) is 9.14. The molecule has 2 N–H and O–H groups in total. The average Bonchev–Trinajstić information content (AvgIpc) is 2.67. The van der Waals surface area contributed by atoms with Crippen LogP contribution in [0.1, 0.15) is 38.7 Å². The van der Waals surface area contributed by atoms with Gasteiger partial charge in [-0.25, -0.2) is 0 Å². The number of benzene rings is 2. The molecular weight excluding hydrogens is 328 g/mol. The van der Waals surface area contributed by atoms with E-state index in [0.717, 1.165) is 29.1 Å². The van der Waals surface area contributed by atoms with Crippen LogP contribution in [0.15, 0.2) is 42.5 Å². The summed E-state index contributed by atoms with van der Waals surface area (Å²) in [5.74, 6) is 1.76. The first-order chi connectivity index (χ1) is 12.6. The van der Waals surface area contributed by atoms with Crippen molar-refractivity contribution in [1.82, 2.24) is 0 Å². The van der Waals surface area contributed by atoms with Gasteiger partial charge in [0.1, 0.15) is 19.3 Å². The molecule has 0 saturated heterocycles. The van der Waals surface area contributed by atoms with Crippen LogP contribution in [-0.4, -0.2) is 25.2 Å². The Morgan fingerprint density at radius 3 is 2.58 bits per heavy atom. The lowest BCUT2D eigenvalue weighted by Crippen LogP contribution is -2.32. The van der Waals surface area contributed by atoms with E-state index in [1.54, 1.807) is 0 Å². The van der Waals surface area contributed by atoms with Crippen molar-refractivity contribution in [2.24, 2.45) is 0 Å². The van der Waals surface area contributed by atoms with Gasteiger partial charge in [0.25, 0.3) is 0 Å². The van der Waals surface area contributed by atoms with E-state index >= 15 is 0 Å². The van der Waals surface area contributed by atoms with Gasteiger partial charge in [0, 0.05) is 17.4 Å². The van der Waals surface area contributed by atoms with Crippen molar-refractivity contribution in [1.29, 1.82) is 0 Å². The molecule has 0 aromatic heterocycles. The number of nitrogens with one attached hydrogen (secondary N) is 2. The molecule has 5 heteroatoms. The maximum atomic E-state index is 12.6. The van der Waals surface area contributed by atoms with Crippen molar-refractivity contribution >= 4 is 17.3 Å². The second-order valence-electron chi connectivity index (χ2n) is 6.61. The molecule has 26 heavy (non-hydrogen) atoms. The molecule has 0 fully saturated rings. The fourth-order valence-electron chi connectivity index (χ4n) is 2.95. The second-order valence-corrected chi connectivity index (χ2v) is 6.61.